The van der Waals surface area contributed by atoms with Gasteiger partial charge in [-0.15, -0.1) is 0 Å². The number of hydrazine groups is 1. The first-order valence-corrected chi connectivity index (χ1v) is 36.5. The van der Waals surface area contributed by atoms with Crippen LogP contribution < -0.4 is 26.6 Å². The fraction of sp³-hybridized carbons (Fsp3) is 0.101. The van der Waals surface area contributed by atoms with E-state index < -0.39 is 57.1 Å². The molecule has 0 aliphatic rings. The van der Waals surface area contributed by atoms with Crippen molar-refractivity contribution in [2.45, 2.75) is 51.3 Å². The van der Waals surface area contributed by atoms with Crippen molar-refractivity contribution >= 4 is 101 Å². The largest absolute Gasteiger partial charge is 0.481 e. The molecular formula is C89H73F6N5O11S. The molecule has 0 saturated carbocycles. The van der Waals surface area contributed by atoms with Gasteiger partial charge in [0.05, 0.1) is 35.2 Å². The van der Waals surface area contributed by atoms with Crippen molar-refractivity contribution < 1.29 is 78.1 Å². The van der Waals surface area contributed by atoms with E-state index in [2.05, 4.69) is 16.0 Å². The summed E-state index contributed by atoms with van der Waals surface area (Å²) in [6.45, 7) is 5.86. The van der Waals surface area contributed by atoms with Gasteiger partial charge in [-0.2, -0.15) is 4.83 Å². The number of aryl methyl sites for hydroxylation is 3. The number of halogens is 6. The van der Waals surface area contributed by atoms with Crippen LogP contribution >= 0.6 is 0 Å². The number of carbonyl (C=O) groups is 6. The average Bonchev–Trinajstić information content (AvgIpc) is 0.792. The van der Waals surface area contributed by atoms with Crippen LogP contribution in [0.2, 0.25) is 0 Å². The van der Waals surface area contributed by atoms with E-state index in [1.165, 1.54) is 109 Å². The summed E-state index contributed by atoms with van der Waals surface area (Å²) >= 11 is 0. The summed E-state index contributed by atoms with van der Waals surface area (Å²) in [7, 11) is -3.49. The van der Waals surface area contributed by atoms with E-state index in [-0.39, 0.29) is 71.2 Å². The fourth-order valence-corrected chi connectivity index (χ4v) is 12.5. The summed E-state index contributed by atoms with van der Waals surface area (Å²) in [6.07, 6.45) is 3.36. The number of hydrogen-bond donors (Lipinski definition) is 6. The van der Waals surface area contributed by atoms with Crippen LogP contribution in [0.1, 0.15) is 80.0 Å². The minimum atomic E-state index is -3.49. The highest BCUT2D eigenvalue weighted by Gasteiger charge is 2.21. The van der Waals surface area contributed by atoms with E-state index in [0.29, 0.717) is 95.9 Å². The minimum absolute atomic E-state index is 0.0200. The van der Waals surface area contributed by atoms with E-state index in [1.54, 1.807) is 110 Å². The maximum absolute atomic E-state index is 14.5. The number of nitrogens with two attached hydrogens (primary N) is 1. The van der Waals surface area contributed by atoms with Gasteiger partial charge in [0.15, 0.2) is 0 Å². The second kappa shape index (κ2) is 38.1. The lowest BCUT2D eigenvalue weighted by Gasteiger charge is -2.13. The van der Waals surface area contributed by atoms with Crippen LogP contribution in [-0.4, -0.2) is 62.4 Å². The number of hydrogen-bond acceptors (Lipinski definition) is 11. The Balaban J connectivity index is 0.000000166. The van der Waals surface area contributed by atoms with Gasteiger partial charge in [-0.25, -0.2) is 39.6 Å². The molecule has 7 N–H and O–H groups in total. The normalized spacial score (nSPS) is 10.9. The molecule has 0 aromatic heterocycles. The molecule has 568 valence electrons. The number of sulfonamides is 1. The van der Waals surface area contributed by atoms with E-state index in [4.69, 9.17) is 20.4 Å². The quantitative estimate of drug-likeness (QED) is 0.0129. The Bertz CT molecular complexity index is 5830. The van der Waals surface area contributed by atoms with Gasteiger partial charge in [0.25, 0.3) is 27.7 Å². The van der Waals surface area contributed by atoms with Crippen LogP contribution in [0.4, 0.5) is 43.4 Å². The molecule has 0 aliphatic carbocycles. The molecule has 0 heterocycles. The summed E-state index contributed by atoms with van der Waals surface area (Å²) in [5.41, 5.74) is 7.62. The van der Waals surface area contributed by atoms with Crippen LogP contribution in [0.3, 0.4) is 0 Å². The molecule has 0 fully saturated rings. The predicted molar refractivity (Wildman–Crippen MR) is 423 cm³/mol. The van der Waals surface area contributed by atoms with E-state index in [0.717, 1.165) is 21.7 Å². The van der Waals surface area contributed by atoms with E-state index >= 15 is 0 Å². The topological polar surface area (TPSA) is 249 Å². The number of nitrogens with one attached hydrogen (secondary N) is 4. The number of aliphatic carboxylic acids is 1. The number of esters is 2. The zero-order valence-electron chi connectivity index (χ0n) is 60.5. The van der Waals surface area contributed by atoms with Crippen molar-refractivity contribution in [1.29, 1.82) is 0 Å². The zero-order chi connectivity index (χ0) is 80.0. The van der Waals surface area contributed by atoms with Crippen LogP contribution in [0, 0.1) is 41.8 Å². The number of carbonyl (C=O) groups excluding carboxylic acids is 5. The van der Waals surface area contributed by atoms with Crippen molar-refractivity contribution in [2.24, 2.45) is 5.84 Å². The Hall–Kier alpha value is -13.4. The minimum Gasteiger partial charge on any atom is -0.481 e. The molecule has 13 aromatic carbocycles. The number of carboxylic acid groups (broad SMARTS) is 1. The molecule has 16 nitrogen and oxygen atoms in total. The standard InChI is InChI=1S/C28H23F2NO3.C28H21F2NO3.C26H19F2NO3.C7H10N2O2S/c2*1-2-34-27(32)13-11-18-10-12-25(30)26(14-18)31-28(33)24-17-21(19-7-5-8-22(29)16-19)15-20-6-3-4-9-23(20)24;27-20-6-3-5-17(14-20)19-13-18-4-1-2-7-21(18)22(15-19)26(32)29-24-12-16(8-10-23(24)28)9-11-25(30)31;1-6-2-4-7(5-3-6)12(10,11)9-8/h3-10,12,14-17H,2,11,13H2,1H3,(H,31,33);3-17H,2H2,1H3,(H,31,33);1-8,10,12-15H,9,11H2,(H,29,32)(H,30,31);2-5,9H,8H2,1H3/b;13-11+;;. The van der Waals surface area contributed by atoms with Crippen LogP contribution in [-0.2, 0) is 46.7 Å². The van der Waals surface area contributed by atoms with Gasteiger partial charge < -0.3 is 30.5 Å². The molecular weight excluding hydrogens is 1460 g/mol. The molecule has 0 saturated heterocycles. The van der Waals surface area contributed by atoms with E-state index in [1.807, 2.05) is 79.7 Å². The van der Waals surface area contributed by atoms with Gasteiger partial charge >= 0.3 is 17.9 Å². The molecule has 13 rings (SSSR count). The SMILES string of the molecule is CCOC(=O)/C=C/c1ccc(F)c(NC(=O)c2cc(-c3cccc(F)c3)cc3ccccc23)c1.CCOC(=O)CCc1ccc(F)c(NC(=O)c2cc(-c3cccc(F)c3)cc3ccccc23)c1.Cc1ccc(S(=O)(=O)NN)cc1.O=C(O)CCc1ccc(F)c(NC(=O)c2cc(-c3cccc(F)c3)cc3ccccc23)c1. The van der Waals surface area contributed by atoms with Gasteiger partial charge in [0, 0.05) is 35.6 Å². The smallest absolute Gasteiger partial charge is 0.330 e. The van der Waals surface area contributed by atoms with Crippen LogP contribution in [0.15, 0.2) is 272 Å². The summed E-state index contributed by atoms with van der Waals surface area (Å²) in [5.74, 6) is -1.47. The summed E-state index contributed by atoms with van der Waals surface area (Å²) in [4.78, 5) is 75.6. The Morgan fingerprint density at radius 2 is 0.804 bits per heavy atom. The predicted octanol–water partition coefficient (Wildman–Crippen LogP) is 19.3. The van der Waals surface area contributed by atoms with Crippen molar-refractivity contribution in [2.75, 3.05) is 29.2 Å². The maximum atomic E-state index is 14.5. The van der Waals surface area contributed by atoms with Crippen LogP contribution in [0.5, 0.6) is 0 Å². The van der Waals surface area contributed by atoms with Gasteiger partial charge in [-0.1, -0.05) is 145 Å². The summed E-state index contributed by atoms with van der Waals surface area (Å²) < 4.78 is 117. The highest BCUT2D eigenvalue weighted by molar-refractivity contribution is 7.89. The summed E-state index contributed by atoms with van der Waals surface area (Å²) in [5, 5.41) is 21.2. The molecule has 112 heavy (non-hydrogen) atoms. The molecule has 0 spiro atoms. The third-order valence-corrected chi connectivity index (χ3v) is 18.5. The van der Waals surface area contributed by atoms with Crippen molar-refractivity contribution in [1.82, 2.24) is 4.83 Å². The fourth-order valence-electron chi connectivity index (χ4n) is 11.8. The van der Waals surface area contributed by atoms with Gasteiger partial charge in [0.2, 0.25) is 0 Å². The number of benzene rings is 13. The summed E-state index contributed by atoms with van der Waals surface area (Å²) in [6, 6.07) is 69.9. The monoisotopic (exact) mass is 1530 g/mol. The highest BCUT2D eigenvalue weighted by atomic mass is 32.2. The molecule has 0 unspecified atom stereocenters. The number of fused-ring (bicyclic) bond motifs is 3. The molecule has 0 radical (unpaired) electrons. The molecule has 0 aliphatic heterocycles. The highest BCUT2D eigenvalue weighted by Crippen LogP contribution is 2.34. The Kier molecular flexibility index (Phi) is 27.6. The molecule has 23 heteroatoms. The number of amides is 3. The third kappa shape index (κ3) is 22.0. The molecule has 0 bridgehead atoms. The Morgan fingerprint density at radius 3 is 1.19 bits per heavy atom. The Morgan fingerprint density at radius 1 is 0.420 bits per heavy atom. The second-order valence-electron chi connectivity index (χ2n) is 25.2. The lowest BCUT2D eigenvalue weighted by molar-refractivity contribution is -0.143. The molecule has 0 atom stereocenters. The third-order valence-electron chi connectivity index (χ3n) is 17.3. The van der Waals surface area contributed by atoms with Gasteiger partial charge in [-0.3, -0.25) is 29.8 Å². The zero-order valence-corrected chi connectivity index (χ0v) is 61.3. The lowest BCUT2D eigenvalue weighted by Crippen LogP contribution is -2.30. The number of rotatable bonds is 21. The van der Waals surface area contributed by atoms with E-state index in [9.17, 15) is 63.5 Å². The molecule has 13 aromatic rings. The first kappa shape index (κ1) is 81.2. The number of carboxylic acids is 1. The van der Waals surface area contributed by atoms with Crippen molar-refractivity contribution in [3.8, 4) is 33.4 Å². The first-order valence-electron chi connectivity index (χ1n) is 35.0. The van der Waals surface area contributed by atoms with Crippen molar-refractivity contribution in [3.63, 3.8) is 0 Å². The van der Waals surface area contributed by atoms with Gasteiger partial charge in [-0.05, 0) is 243 Å². The average molecular weight is 1530 g/mol. The first-order chi connectivity index (χ1) is 53.8. The second-order valence-corrected chi connectivity index (χ2v) is 26.9. The van der Waals surface area contributed by atoms with Gasteiger partial charge in [0.1, 0.15) is 34.9 Å². The number of ether oxygens (including phenoxy) is 2. The lowest BCUT2D eigenvalue weighted by atomic mass is 9.96. The maximum Gasteiger partial charge on any atom is 0.330 e. The van der Waals surface area contributed by atoms with Crippen molar-refractivity contribution in [3.05, 3.63) is 341 Å². The number of anilines is 3. The van der Waals surface area contributed by atoms with Crippen LogP contribution in [0.25, 0.3) is 71.8 Å². The molecule has 3 amide bonds. The Labute approximate surface area is 641 Å².